The van der Waals surface area contributed by atoms with Crippen molar-refractivity contribution in [3.63, 3.8) is 0 Å². The normalized spacial score (nSPS) is 36.6. The van der Waals surface area contributed by atoms with Gasteiger partial charge in [-0.3, -0.25) is 0 Å². The SMILES string of the molecule is COCC(C)CC(O)CC1CC2CCC1C2. The lowest BCUT2D eigenvalue weighted by atomic mass is 9.83. The van der Waals surface area contributed by atoms with E-state index < -0.39 is 0 Å². The van der Waals surface area contributed by atoms with E-state index in [4.69, 9.17) is 4.74 Å². The molecule has 0 spiro atoms. The van der Waals surface area contributed by atoms with Crippen molar-refractivity contribution in [2.45, 2.75) is 51.6 Å². The molecule has 0 aromatic carbocycles. The number of methoxy groups -OCH3 is 1. The Kier molecular flexibility index (Phi) is 4.26. The molecule has 2 saturated carbocycles. The molecule has 2 aliphatic rings. The first-order valence-electron chi connectivity index (χ1n) is 6.86. The van der Waals surface area contributed by atoms with Gasteiger partial charge in [-0.25, -0.2) is 0 Å². The highest BCUT2D eigenvalue weighted by Gasteiger charge is 2.39. The van der Waals surface area contributed by atoms with Crippen molar-refractivity contribution in [3.05, 3.63) is 0 Å². The minimum Gasteiger partial charge on any atom is -0.393 e. The van der Waals surface area contributed by atoms with Crippen LogP contribution in [0.5, 0.6) is 0 Å². The van der Waals surface area contributed by atoms with E-state index in [9.17, 15) is 5.11 Å². The molecule has 0 amide bonds. The fraction of sp³-hybridized carbons (Fsp3) is 1.00. The van der Waals surface area contributed by atoms with E-state index in [1.165, 1.54) is 25.7 Å². The number of fused-ring (bicyclic) bond motifs is 2. The fourth-order valence-corrected chi connectivity index (χ4v) is 3.93. The van der Waals surface area contributed by atoms with Crippen LogP contribution in [0.2, 0.25) is 0 Å². The van der Waals surface area contributed by atoms with Crippen LogP contribution in [0.3, 0.4) is 0 Å². The van der Waals surface area contributed by atoms with Crippen molar-refractivity contribution in [3.8, 4) is 0 Å². The molecule has 0 radical (unpaired) electrons. The molecule has 2 fully saturated rings. The second-order valence-corrected chi connectivity index (χ2v) is 6.12. The van der Waals surface area contributed by atoms with Crippen molar-refractivity contribution in [1.82, 2.24) is 0 Å². The van der Waals surface area contributed by atoms with Gasteiger partial charge in [0.1, 0.15) is 0 Å². The maximum atomic E-state index is 10.1. The summed E-state index contributed by atoms with van der Waals surface area (Å²) < 4.78 is 5.11. The second kappa shape index (κ2) is 5.50. The molecule has 16 heavy (non-hydrogen) atoms. The van der Waals surface area contributed by atoms with E-state index in [-0.39, 0.29) is 6.10 Å². The van der Waals surface area contributed by atoms with Crippen molar-refractivity contribution in [1.29, 1.82) is 0 Å². The molecule has 1 N–H and O–H groups in total. The molecule has 2 heteroatoms. The molecular weight excluding hydrogens is 200 g/mol. The van der Waals surface area contributed by atoms with Gasteiger partial charge in [-0.2, -0.15) is 0 Å². The number of rotatable bonds is 6. The summed E-state index contributed by atoms with van der Waals surface area (Å²) >= 11 is 0. The Morgan fingerprint density at radius 1 is 1.31 bits per heavy atom. The molecule has 2 nitrogen and oxygen atoms in total. The summed E-state index contributed by atoms with van der Waals surface area (Å²) in [7, 11) is 1.73. The Balaban J connectivity index is 1.69. The van der Waals surface area contributed by atoms with Gasteiger partial charge in [-0.1, -0.05) is 13.3 Å². The maximum Gasteiger partial charge on any atom is 0.0546 e. The van der Waals surface area contributed by atoms with Gasteiger partial charge >= 0.3 is 0 Å². The number of hydrogen-bond acceptors (Lipinski definition) is 2. The third-order valence-electron chi connectivity index (χ3n) is 4.58. The van der Waals surface area contributed by atoms with Crippen LogP contribution >= 0.6 is 0 Å². The zero-order chi connectivity index (χ0) is 11.5. The summed E-state index contributed by atoms with van der Waals surface area (Å²) in [6.45, 7) is 2.93. The predicted molar refractivity (Wildman–Crippen MR) is 65.2 cm³/mol. The number of aliphatic hydroxyl groups excluding tert-OH is 1. The first-order chi connectivity index (χ1) is 7.69. The van der Waals surface area contributed by atoms with Gasteiger partial charge in [-0.15, -0.1) is 0 Å². The third-order valence-corrected chi connectivity index (χ3v) is 4.58. The van der Waals surface area contributed by atoms with Crippen LogP contribution in [-0.4, -0.2) is 24.9 Å². The lowest BCUT2D eigenvalue weighted by Gasteiger charge is -2.25. The molecule has 5 atom stereocenters. The predicted octanol–water partition coefficient (Wildman–Crippen LogP) is 2.85. The first-order valence-corrected chi connectivity index (χ1v) is 6.86. The second-order valence-electron chi connectivity index (χ2n) is 6.12. The van der Waals surface area contributed by atoms with E-state index in [0.29, 0.717) is 5.92 Å². The van der Waals surface area contributed by atoms with Crippen molar-refractivity contribution < 1.29 is 9.84 Å². The highest BCUT2D eigenvalue weighted by Crippen LogP contribution is 2.50. The molecular formula is C14H26O2. The fourth-order valence-electron chi connectivity index (χ4n) is 3.93. The Hall–Kier alpha value is -0.0800. The summed E-state index contributed by atoms with van der Waals surface area (Å²) in [6.07, 6.45) is 7.56. The van der Waals surface area contributed by atoms with Crippen LogP contribution in [0.15, 0.2) is 0 Å². The summed E-state index contributed by atoms with van der Waals surface area (Å²) in [5, 5.41) is 10.1. The van der Waals surface area contributed by atoms with Gasteiger partial charge in [0.2, 0.25) is 0 Å². The number of hydrogen-bond donors (Lipinski definition) is 1. The average Bonchev–Trinajstić information content (AvgIpc) is 2.78. The highest BCUT2D eigenvalue weighted by molar-refractivity contribution is 4.90. The number of aliphatic hydroxyl groups is 1. The van der Waals surface area contributed by atoms with E-state index in [1.54, 1.807) is 7.11 Å². The Morgan fingerprint density at radius 2 is 2.12 bits per heavy atom. The van der Waals surface area contributed by atoms with Crippen LogP contribution in [0.4, 0.5) is 0 Å². The summed E-state index contributed by atoms with van der Waals surface area (Å²) in [4.78, 5) is 0. The Labute approximate surface area is 99.4 Å². The van der Waals surface area contributed by atoms with Gasteiger partial charge in [0.25, 0.3) is 0 Å². The van der Waals surface area contributed by atoms with Crippen LogP contribution in [-0.2, 0) is 4.74 Å². The summed E-state index contributed by atoms with van der Waals surface area (Å²) in [6, 6.07) is 0. The molecule has 0 aromatic heterocycles. The van der Waals surface area contributed by atoms with Crippen LogP contribution in [0.25, 0.3) is 0 Å². The van der Waals surface area contributed by atoms with Crippen molar-refractivity contribution in [2.24, 2.45) is 23.7 Å². The molecule has 2 rings (SSSR count). The zero-order valence-electron chi connectivity index (χ0n) is 10.7. The zero-order valence-corrected chi connectivity index (χ0v) is 10.7. The Bertz CT molecular complexity index is 217. The molecule has 0 aromatic rings. The van der Waals surface area contributed by atoms with Crippen LogP contribution < -0.4 is 0 Å². The highest BCUT2D eigenvalue weighted by atomic mass is 16.5. The quantitative estimate of drug-likeness (QED) is 0.754. The molecule has 2 bridgehead atoms. The van der Waals surface area contributed by atoms with Gasteiger partial charge in [0.15, 0.2) is 0 Å². The van der Waals surface area contributed by atoms with Crippen LogP contribution in [0.1, 0.15) is 45.4 Å². The van der Waals surface area contributed by atoms with E-state index >= 15 is 0 Å². The molecule has 0 saturated heterocycles. The maximum absolute atomic E-state index is 10.1. The molecule has 5 unspecified atom stereocenters. The summed E-state index contributed by atoms with van der Waals surface area (Å²) in [5.41, 5.74) is 0. The number of ether oxygens (including phenoxy) is 1. The summed E-state index contributed by atoms with van der Waals surface area (Å²) in [5.74, 6) is 3.25. The third kappa shape index (κ3) is 2.98. The molecule has 0 aliphatic heterocycles. The first kappa shape index (κ1) is 12.4. The van der Waals surface area contributed by atoms with Crippen molar-refractivity contribution >= 4 is 0 Å². The topological polar surface area (TPSA) is 29.5 Å². The lowest BCUT2D eigenvalue weighted by molar-refractivity contribution is 0.0774. The van der Waals surface area contributed by atoms with Gasteiger partial charge in [0, 0.05) is 13.7 Å². The van der Waals surface area contributed by atoms with Gasteiger partial charge < -0.3 is 9.84 Å². The molecule has 94 valence electrons. The monoisotopic (exact) mass is 226 g/mol. The van der Waals surface area contributed by atoms with Crippen LogP contribution in [0, 0.1) is 23.7 Å². The Morgan fingerprint density at radius 3 is 2.69 bits per heavy atom. The molecule has 2 aliphatic carbocycles. The minimum absolute atomic E-state index is 0.102. The smallest absolute Gasteiger partial charge is 0.0546 e. The molecule has 0 heterocycles. The van der Waals surface area contributed by atoms with E-state index in [0.717, 1.165) is 37.2 Å². The minimum atomic E-state index is -0.102. The largest absolute Gasteiger partial charge is 0.393 e. The van der Waals surface area contributed by atoms with Gasteiger partial charge in [0.05, 0.1) is 6.10 Å². The van der Waals surface area contributed by atoms with Gasteiger partial charge in [-0.05, 0) is 55.8 Å². The van der Waals surface area contributed by atoms with E-state index in [1.807, 2.05) is 0 Å². The lowest BCUT2D eigenvalue weighted by Crippen LogP contribution is -2.21. The van der Waals surface area contributed by atoms with E-state index in [2.05, 4.69) is 6.92 Å². The standard InChI is InChI=1S/C14H26O2/c1-10(9-16-2)5-14(15)8-13-7-11-3-4-12(13)6-11/h10-15H,3-9H2,1-2H3. The van der Waals surface area contributed by atoms with Crippen molar-refractivity contribution in [2.75, 3.05) is 13.7 Å². The average molecular weight is 226 g/mol.